The first-order chi connectivity index (χ1) is 13.1. The molecule has 1 aliphatic carbocycles. The maximum absolute atomic E-state index is 14.2. The third kappa shape index (κ3) is 3.72. The van der Waals surface area contributed by atoms with Gasteiger partial charge < -0.3 is 9.67 Å². The van der Waals surface area contributed by atoms with Gasteiger partial charge in [-0.2, -0.15) is 0 Å². The van der Waals surface area contributed by atoms with E-state index in [-0.39, 0.29) is 5.75 Å². The molecule has 27 heavy (non-hydrogen) atoms. The van der Waals surface area contributed by atoms with Gasteiger partial charge in [0.1, 0.15) is 17.6 Å². The molecule has 2 aromatic heterocycles. The van der Waals surface area contributed by atoms with E-state index in [4.69, 9.17) is 0 Å². The summed E-state index contributed by atoms with van der Waals surface area (Å²) in [5, 5.41) is 18.6. The average Bonchev–Trinajstić information content (AvgIpc) is 3.19. The first kappa shape index (κ1) is 17.3. The Kier molecular flexibility index (Phi) is 4.66. The highest BCUT2D eigenvalue weighted by atomic mass is 19.1. The second-order valence-corrected chi connectivity index (χ2v) is 6.94. The SMILES string of the molecule is CC1CC/C(=C/c2ncc(-c3ccc(-n4ccnc4)cc3O)nn2)[C@@H](F)C1. The van der Waals surface area contributed by atoms with Crippen molar-refractivity contribution in [2.45, 2.75) is 32.4 Å². The van der Waals surface area contributed by atoms with E-state index in [9.17, 15) is 9.50 Å². The van der Waals surface area contributed by atoms with Gasteiger partial charge in [-0.3, -0.25) is 0 Å². The molecule has 7 heteroatoms. The van der Waals surface area contributed by atoms with Crippen LogP contribution in [0.25, 0.3) is 23.0 Å². The lowest BCUT2D eigenvalue weighted by Gasteiger charge is -2.23. The zero-order valence-corrected chi connectivity index (χ0v) is 15.0. The number of alkyl halides is 1. The number of halogens is 1. The highest BCUT2D eigenvalue weighted by Gasteiger charge is 2.23. The fourth-order valence-corrected chi connectivity index (χ4v) is 3.30. The van der Waals surface area contributed by atoms with Crippen LogP contribution in [0.2, 0.25) is 0 Å². The molecule has 4 rings (SSSR count). The number of imidazole rings is 1. The smallest absolute Gasteiger partial charge is 0.174 e. The quantitative estimate of drug-likeness (QED) is 0.760. The standard InChI is InChI=1S/C20H20FN5O/c1-13-2-3-14(17(21)8-13)9-20-23-11-18(24-25-20)16-5-4-15(10-19(16)27)26-7-6-22-12-26/h4-7,9-13,17,27H,2-3,8H2,1H3/b14-9-/t13?,17-/m0/s1. The van der Waals surface area contributed by atoms with Crippen LogP contribution in [0.3, 0.4) is 0 Å². The third-order valence-electron chi connectivity index (χ3n) is 4.89. The van der Waals surface area contributed by atoms with E-state index >= 15 is 0 Å². The largest absolute Gasteiger partial charge is 0.507 e. The van der Waals surface area contributed by atoms with Crippen LogP contribution in [0.5, 0.6) is 5.75 Å². The van der Waals surface area contributed by atoms with Crippen LogP contribution in [0.15, 0.2) is 48.7 Å². The highest BCUT2D eigenvalue weighted by molar-refractivity contribution is 5.68. The molecule has 2 atom stereocenters. The summed E-state index contributed by atoms with van der Waals surface area (Å²) in [5.74, 6) is 0.876. The number of nitrogens with zero attached hydrogens (tertiary/aromatic N) is 5. The lowest BCUT2D eigenvalue weighted by molar-refractivity contribution is 0.269. The second kappa shape index (κ2) is 7.26. The number of rotatable bonds is 3. The third-order valence-corrected chi connectivity index (χ3v) is 4.89. The summed E-state index contributed by atoms with van der Waals surface area (Å²) < 4.78 is 15.9. The molecule has 0 spiro atoms. The summed E-state index contributed by atoms with van der Waals surface area (Å²) in [5.41, 5.74) is 2.51. The minimum absolute atomic E-state index is 0.0773. The zero-order valence-electron chi connectivity index (χ0n) is 15.0. The van der Waals surface area contributed by atoms with Crippen molar-refractivity contribution in [1.82, 2.24) is 24.7 Å². The van der Waals surface area contributed by atoms with E-state index in [2.05, 4.69) is 27.1 Å². The van der Waals surface area contributed by atoms with Crippen molar-refractivity contribution in [2.75, 3.05) is 0 Å². The topological polar surface area (TPSA) is 76.7 Å². The maximum Gasteiger partial charge on any atom is 0.174 e. The molecule has 0 radical (unpaired) electrons. The Morgan fingerprint density at radius 2 is 2.19 bits per heavy atom. The van der Waals surface area contributed by atoms with E-state index in [1.807, 2.05) is 6.07 Å². The van der Waals surface area contributed by atoms with Crippen molar-refractivity contribution in [1.29, 1.82) is 0 Å². The highest BCUT2D eigenvalue weighted by Crippen LogP contribution is 2.32. The molecule has 3 aromatic rings. The van der Waals surface area contributed by atoms with Crippen LogP contribution in [0.4, 0.5) is 4.39 Å². The molecule has 0 saturated heterocycles. The van der Waals surface area contributed by atoms with Gasteiger partial charge in [-0.25, -0.2) is 14.4 Å². The minimum atomic E-state index is -0.934. The Hall–Kier alpha value is -3.09. The molecule has 1 N–H and O–H groups in total. The van der Waals surface area contributed by atoms with Gasteiger partial charge in [0.05, 0.1) is 18.2 Å². The van der Waals surface area contributed by atoms with Crippen LogP contribution in [0, 0.1) is 5.92 Å². The molecule has 1 saturated carbocycles. The molecule has 1 aliphatic rings. The van der Waals surface area contributed by atoms with Crippen LogP contribution in [0.1, 0.15) is 32.0 Å². The van der Waals surface area contributed by atoms with E-state index in [1.54, 1.807) is 47.7 Å². The Morgan fingerprint density at radius 3 is 2.85 bits per heavy atom. The molecule has 138 valence electrons. The molecule has 2 heterocycles. The van der Waals surface area contributed by atoms with E-state index in [0.717, 1.165) is 24.1 Å². The molecular formula is C20H20FN5O. The second-order valence-electron chi connectivity index (χ2n) is 6.94. The molecule has 0 bridgehead atoms. The van der Waals surface area contributed by atoms with Gasteiger partial charge >= 0.3 is 0 Å². The molecule has 1 fully saturated rings. The van der Waals surface area contributed by atoms with E-state index in [1.165, 1.54) is 0 Å². The first-order valence-corrected chi connectivity index (χ1v) is 8.96. The molecule has 0 amide bonds. The summed E-state index contributed by atoms with van der Waals surface area (Å²) >= 11 is 0. The lowest BCUT2D eigenvalue weighted by atomic mass is 9.85. The minimum Gasteiger partial charge on any atom is -0.507 e. The molecular weight excluding hydrogens is 345 g/mol. The van der Waals surface area contributed by atoms with Crippen LogP contribution in [-0.2, 0) is 0 Å². The molecule has 0 aliphatic heterocycles. The number of phenolic OH excluding ortho intramolecular Hbond substituents is 1. The summed E-state index contributed by atoms with van der Waals surface area (Å²) in [4.78, 5) is 8.27. The van der Waals surface area contributed by atoms with Crippen molar-refractivity contribution in [2.24, 2.45) is 5.92 Å². The summed E-state index contributed by atoms with van der Waals surface area (Å²) in [7, 11) is 0. The van der Waals surface area contributed by atoms with Crippen molar-refractivity contribution in [3.05, 3.63) is 54.5 Å². The Morgan fingerprint density at radius 1 is 1.30 bits per heavy atom. The zero-order chi connectivity index (χ0) is 18.8. The molecule has 1 unspecified atom stereocenters. The number of phenols is 1. The van der Waals surface area contributed by atoms with Crippen molar-refractivity contribution in [3.8, 4) is 22.7 Å². The number of benzene rings is 1. The summed E-state index contributed by atoms with van der Waals surface area (Å²) in [6.07, 6.45) is 9.68. The van der Waals surface area contributed by atoms with Crippen LogP contribution in [-0.4, -0.2) is 36.0 Å². The van der Waals surface area contributed by atoms with Gasteiger partial charge in [0, 0.05) is 24.0 Å². The van der Waals surface area contributed by atoms with E-state index < -0.39 is 6.17 Å². The number of aromatic nitrogens is 5. The van der Waals surface area contributed by atoms with Crippen LogP contribution >= 0.6 is 0 Å². The Labute approximate surface area is 156 Å². The monoisotopic (exact) mass is 365 g/mol. The van der Waals surface area contributed by atoms with Crippen molar-refractivity contribution < 1.29 is 9.50 Å². The van der Waals surface area contributed by atoms with Gasteiger partial charge in [-0.15, -0.1) is 10.2 Å². The Balaban J connectivity index is 1.56. The number of allylic oxidation sites excluding steroid dienone is 1. The molecule has 6 nitrogen and oxygen atoms in total. The summed E-state index contributed by atoms with van der Waals surface area (Å²) in [6, 6.07) is 5.24. The van der Waals surface area contributed by atoms with Crippen LogP contribution < -0.4 is 0 Å². The maximum atomic E-state index is 14.2. The predicted molar refractivity (Wildman–Crippen MR) is 99.9 cm³/mol. The van der Waals surface area contributed by atoms with Gasteiger partial charge in [0.25, 0.3) is 0 Å². The van der Waals surface area contributed by atoms with Gasteiger partial charge in [-0.05, 0) is 49.0 Å². The van der Waals surface area contributed by atoms with Crippen molar-refractivity contribution in [3.63, 3.8) is 0 Å². The van der Waals surface area contributed by atoms with Gasteiger partial charge in [0.2, 0.25) is 0 Å². The lowest BCUT2D eigenvalue weighted by Crippen LogP contribution is -2.17. The molecule has 1 aromatic carbocycles. The number of hydrogen-bond donors (Lipinski definition) is 1. The van der Waals surface area contributed by atoms with Gasteiger partial charge in [-0.1, -0.05) is 6.92 Å². The predicted octanol–water partition coefficient (Wildman–Crippen LogP) is 3.97. The normalized spacial score (nSPS) is 21.5. The van der Waals surface area contributed by atoms with Gasteiger partial charge in [0.15, 0.2) is 5.82 Å². The number of hydrogen-bond acceptors (Lipinski definition) is 5. The first-order valence-electron chi connectivity index (χ1n) is 8.96. The Bertz CT molecular complexity index is 953. The fraction of sp³-hybridized carbons (Fsp3) is 0.300. The average molecular weight is 365 g/mol. The fourth-order valence-electron chi connectivity index (χ4n) is 3.30. The number of aromatic hydroxyl groups is 1. The van der Waals surface area contributed by atoms with Crippen molar-refractivity contribution >= 4 is 6.08 Å². The summed E-state index contributed by atoms with van der Waals surface area (Å²) in [6.45, 7) is 2.07. The van der Waals surface area contributed by atoms with E-state index in [0.29, 0.717) is 29.4 Å².